The summed E-state index contributed by atoms with van der Waals surface area (Å²) in [6.07, 6.45) is 94.7. The third-order valence-corrected chi connectivity index (χ3v) is 11.9. The van der Waals surface area contributed by atoms with E-state index in [1.165, 1.54) is 32.1 Å². The van der Waals surface area contributed by atoms with Gasteiger partial charge < -0.3 is 14.2 Å². The first-order chi connectivity index (χ1) is 38.0. The summed E-state index contributed by atoms with van der Waals surface area (Å²) < 4.78 is 16.8. The minimum Gasteiger partial charge on any atom is -0.462 e. The minimum absolute atomic E-state index is 0.128. The maximum absolute atomic E-state index is 12.9. The molecule has 6 nitrogen and oxygen atoms in total. The van der Waals surface area contributed by atoms with E-state index in [1.54, 1.807) is 0 Å². The summed E-state index contributed by atoms with van der Waals surface area (Å²) >= 11 is 0. The van der Waals surface area contributed by atoms with Crippen LogP contribution in [0.4, 0.5) is 0 Å². The second-order valence-electron chi connectivity index (χ2n) is 19.1. The van der Waals surface area contributed by atoms with E-state index in [4.69, 9.17) is 14.2 Å². The van der Waals surface area contributed by atoms with Crippen LogP contribution in [0.2, 0.25) is 0 Å². The first-order valence-corrected chi connectivity index (χ1v) is 30.3. The van der Waals surface area contributed by atoms with Gasteiger partial charge in [0.1, 0.15) is 13.2 Å². The first kappa shape index (κ1) is 71.5. The van der Waals surface area contributed by atoms with Crippen LogP contribution in [0, 0.1) is 0 Å². The molecule has 77 heavy (non-hydrogen) atoms. The van der Waals surface area contributed by atoms with Gasteiger partial charge in [0.2, 0.25) is 0 Å². The number of carbonyl (C=O) groups is 3. The molecule has 0 heterocycles. The van der Waals surface area contributed by atoms with Crippen molar-refractivity contribution >= 4 is 17.9 Å². The molecule has 428 valence electrons. The molecule has 0 aromatic carbocycles. The van der Waals surface area contributed by atoms with Crippen LogP contribution in [0.5, 0.6) is 0 Å². The van der Waals surface area contributed by atoms with Crippen LogP contribution < -0.4 is 0 Å². The smallest absolute Gasteiger partial charge is 0.306 e. The Hall–Kier alpha value is -5.49. The van der Waals surface area contributed by atoms with Gasteiger partial charge in [0.05, 0.1) is 0 Å². The molecule has 1 unspecified atom stereocenters. The van der Waals surface area contributed by atoms with Crippen molar-refractivity contribution in [2.24, 2.45) is 0 Å². The Morgan fingerprint density at radius 2 is 0.481 bits per heavy atom. The number of carbonyl (C=O) groups excluding carboxylic acids is 3. The molecule has 0 radical (unpaired) electrons. The van der Waals surface area contributed by atoms with Gasteiger partial charge in [-0.1, -0.05) is 242 Å². The summed E-state index contributed by atoms with van der Waals surface area (Å²) in [5, 5.41) is 0. The zero-order valence-electron chi connectivity index (χ0n) is 48.9. The molecule has 0 N–H and O–H groups in total. The van der Waals surface area contributed by atoms with Gasteiger partial charge >= 0.3 is 17.9 Å². The maximum atomic E-state index is 12.9. The zero-order valence-corrected chi connectivity index (χ0v) is 48.9. The lowest BCUT2D eigenvalue weighted by Crippen LogP contribution is -2.30. The second-order valence-corrected chi connectivity index (χ2v) is 19.1. The number of allylic oxidation sites excluding steroid dienone is 30. The van der Waals surface area contributed by atoms with Crippen LogP contribution in [0.15, 0.2) is 182 Å². The lowest BCUT2D eigenvalue weighted by Gasteiger charge is -2.18. The third-order valence-electron chi connectivity index (χ3n) is 11.9. The zero-order chi connectivity index (χ0) is 55.7. The topological polar surface area (TPSA) is 78.9 Å². The van der Waals surface area contributed by atoms with Crippen molar-refractivity contribution in [2.45, 2.75) is 232 Å². The molecule has 0 aromatic rings. The summed E-state index contributed by atoms with van der Waals surface area (Å²) in [5.74, 6) is -1.05. The Morgan fingerprint density at radius 1 is 0.260 bits per heavy atom. The average molecular weight is 1060 g/mol. The SMILES string of the molecule is CC/C=C\C/C=C\C/C=C\C/C=C\C/C=C\C/C=C\CCCCCCCCCCC(=O)OCC(COC(=O)CCCC/C=C\C/C=C\C/C=C\C/C=C\CC)OC(=O)CCC/C=C\C/C=C\C/C=C\C/C=C\C/C=C\CC. The van der Waals surface area contributed by atoms with E-state index in [0.29, 0.717) is 19.3 Å². The van der Waals surface area contributed by atoms with E-state index in [0.717, 1.165) is 141 Å². The van der Waals surface area contributed by atoms with Gasteiger partial charge in [-0.05, 0) is 148 Å². The van der Waals surface area contributed by atoms with Crippen molar-refractivity contribution in [3.05, 3.63) is 182 Å². The molecule has 0 aliphatic rings. The number of ether oxygens (including phenoxy) is 3. The van der Waals surface area contributed by atoms with Gasteiger partial charge in [0, 0.05) is 19.3 Å². The fraction of sp³-hybridized carbons (Fsp3) is 0.535. The lowest BCUT2D eigenvalue weighted by atomic mass is 10.1. The normalized spacial score (nSPS) is 13.4. The third kappa shape index (κ3) is 61.2. The molecule has 0 bridgehead atoms. The predicted octanol–water partition coefficient (Wildman–Crippen LogP) is 20.9. The van der Waals surface area contributed by atoms with E-state index >= 15 is 0 Å². The highest BCUT2D eigenvalue weighted by atomic mass is 16.6. The molecule has 0 rings (SSSR count). The van der Waals surface area contributed by atoms with Gasteiger partial charge in [-0.3, -0.25) is 14.4 Å². The van der Waals surface area contributed by atoms with Gasteiger partial charge in [0.25, 0.3) is 0 Å². The lowest BCUT2D eigenvalue weighted by molar-refractivity contribution is -0.167. The Balaban J connectivity index is 4.50. The van der Waals surface area contributed by atoms with Crippen molar-refractivity contribution < 1.29 is 28.6 Å². The fourth-order valence-corrected chi connectivity index (χ4v) is 7.47. The fourth-order valence-electron chi connectivity index (χ4n) is 7.47. The van der Waals surface area contributed by atoms with Crippen LogP contribution in [0.1, 0.15) is 226 Å². The van der Waals surface area contributed by atoms with E-state index < -0.39 is 6.10 Å². The Bertz CT molecular complexity index is 1840. The Morgan fingerprint density at radius 3 is 0.792 bits per heavy atom. The van der Waals surface area contributed by atoms with Crippen molar-refractivity contribution in [1.29, 1.82) is 0 Å². The molecular formula is C71H108O6. The van der Waals surface area contributed by atoms with Gasteiger partial charge in [-0.25, -0.2) is 0 Å². The largest absolute Gasteiger partial charge is 0.462 e. The van der Waals surface area contributed by atoms with Crippen LogP contribution in [-0.2, 0) is 28.6 Å². The Kier molecular flexibility index (Phi) is 58.6. The minimum atomic E-state index is -0.840. The number of rotatable bonds is 52. The van der Waals surface area contributed by atoms with E-state index in [-0.39, 0.29) is 44.0 Å². The van der Waals surface area contributed by atoms with E-state index in [1.807, 2.05) is 0 Å². The molecule has 0 aliphatic carbocycles. The van der Waals surface area contributed by atoms with Crippen molar-refractivity contribution in [2.75, 3.05) is 13.2 Å². The van der Waals surface area contributed by atoms with Crippen molar-refractivity contribution in [3.8, 4) is 0 Å². The van der Waals surface area contributed by atoms with Gasteiger partial charge in [-0.15, -0.1) is 0 Å². The summed E-state index contributed by atoms with van der Waals surface area (Å²) in [7, 11) is 0. The molecule has 0 spiro atoms. The highest BCUT2D eigenvalue weighted by Gasteiger charge is 2.19. The van der Waals surface area contributed by atoms with Crippen molar-refractivity contribution in [1.82, 2.24) is 0 Å². The van der Waals surface area contributed by atoms with Crippen LogP contribution >= 0.6 is 0 Å². The van der Waals surface area contributed by atoms with Gasteiger partial charge in [0.15, 0.2) is 6.10 Å². The van der Waals surface area contributed by atoms with Crippen LogP contribution in [0.25, 0.3) is 0 Å². The first-order valence-electron chi connectivity index (χ1n) is 30.3. The summed E-state index contributed by atoms with van der Waals surface area (Å²) in [6.45, 7) is 6.19. The van der Waals surface area contributed by atoms with Crippen molar-refractivity contribution in [3.63, 3.8) is 0 Å². The summed E-state index contributed by atoms with van der Waals surface area (Å²) in [5.41, 5.74) is 0. The van der Waals surface area contributed by atoms with E-state index in [9.17, 15) is 14.4 Å². The van der Waals surface area contributed by atoms with Crippen LogP contribution in [-0.4, -0.2) is 37.2 Å². The number of hydrogen-bond donors (Lipinski definition) is 0. The molecule has 0 saturated carbocycles. The summed E-state index contributed by atoms with van der Waals surface area (Å²) in [4.78, 5) is 38.2. The second kappa shape index (κ2) is 63.0. The molecule has 0 amide bonds. The summed E-state index contributed by atoms with van der Waals surface area (Å²) in [6, 6.07) is 0. The predicted molar refractivity (Wildman–Crippen MR) is 334 cm³/mol. The highest BCUT2D eigenvalue weighted by Crippen LogP contribution is 2.13. The number of esters is 3. The molecule has 6 heteroatoms. The number of unbranched alkanes of at least 4 members (excludes halogenated alkanes) is 11. The molecule has 0 saturated heterocycles. The maximum Gasteiger partial charge on any atom is 0.306 e. The van der Waals surface area contributed by atoms with Crippen LogP contribution in [0.3, 0.4) is 0 Å². The number of hydrogen-bond acceptors (Lipinski definition) is 6. The standard InChI is InChI=1S/C71H108O6/c1-4-7-10-13-16-19-22-25-28-30-31-32-33-34-35-36-37-38-39-41-43-46-49-52-55-58-61-64-70(73)76-67-68(66-75-69(72)63-60-57-54-51-48-45-42-27-24-21-18-15-12-9-6-3)77-71(74)65-62-59-56-53-50-47-44-40-29-26-23-20-17-14-11-8-5-2/h7-12,16-21,25-29,31-32,34-35,37-38,42,44,47-48,51,53,56,68H,4-6,13-15,22-24,30,33,36,39-41,43,45-46,49-50,52,54-55,57-67H2,1-3H3/b10-7-,11-8-,12-9-,19-16-,20-17-,21-18-,28-25-,29-26-,32-31-,35-34-,38-37-,42-27-,47-44-,51-48-,56-53-. The Labute approximate surface area is 472 Å². The molecule has 1 atom stereocenters. The molecule has 0 fully saturated rings. The quantitative estimate of drug-likeness (QED) is 0.0261. The van der Waals surface area contributed by atoms with E-state index in [2.05, 4.69) is 203 Å². The monoisotopic (exact) mass is 1060 g/mol. The van der Waals surface area contributed by atoms with Gasteiger partial charge in [-0.2, -0.15) is 0 Å². The molecule has 0 aromatic heterocycles. The molecule has 0 aliphatic heterocycles. The highest BCUT2D eigenvalue weighted by molar-refractivity contribution is 5.71. The average Bonchev–Trinajstić information content (AvgIpc) is 3.43. The molecular weight excluding hydrogens is 949 g/mol.